The minimum absolute atomic E-state index is 0.136. The van der Waals surface area contributed by atoms with Crippen LogP contribution in [0.5, 0.6) is 5.75 Å². The van der Waals surface area contributed by atoms with E-state index in [1.54, 1.807) is 39.0 Å². The van der Waals surface area contributed by atoms with Crippen molar-refractivity contribution in [2.24, 2.45) is 0 Å². The molecule has 0 aliphatic rings. The third kappa shape index (κ3) is 5.53. The van der Waals surface area contributed by atoms with Gasteiger partial charge in [-0.2, -0.15) is 0 Å². The maximum Gasteiger partial charge on any atom is 0.414 e. The minimum atomic E-state index is -0.588. The van der Waals surface area contributed by atoms with Crippen molar-refractivity contribution in [2.45, 2.75) is 33.0 Å². The monoisotopic (exact) mass is 375 g/mol. The molecular formula is C14H15Cl2N3O3S. The number of ether oxygens (including phenoxy) is 2. The molecule has 9 heteroatoms. The molecule has 124 valence electrons. The molecule has 0 saturated carbocycles. The summed E-state index contributed by atoms with van der Waals surface area (Å²) in [6, 6.07) is 5.09. The Hall–Kier alpha value is -1.57. The summed E-state index contributed by atoms with van der Waals surface area (Å²) in [5, 5.41) is 12.0. The summed E-state index contributed by atoms with van der Waals surface area (Å²) < 4.78 is 10.7. The molecular weight excluding hydrogens is 361 g/mol. The first kappa shape index (κ1) is 17.8. The predicted molar refractivity (Wildman–Crippen MR) is 90.6 cm³/mol. The van der Waals surface area contributed by atoms with E-state index in [2.05, 4.69) is 15.5 Å². The van der Waals surface area contributed by atoms with Crippen molar-refractivity contribution in [3.8, 4) is 5.75 Å². The molecule has 1 aromatic heterocycles. The Kier molecular flexibility index (Phi) is 5.67. The fourth-order valence-corrected chi connectivity index (χ4v) is 2.65. The summed E-state index contributed by atoms with van der Waals surface area (Å²) in [5.41, 5.74) is -0.582. The number of aromatic nitrogens is 2. The number of rotatable bonds is 4. The number of nitrogens with zero attached hydrogens (tertiary/aromatic N) is 2. The van der Waals surface area contributed by atoms with Gasteiger partial charge in [0.1, 0.15) is 12.2 Å². The lowest BCUT2D eigenvalue weighted by Crippen LogP contribution is -2.27. The van der Waals surface area contributed by atoms with Gasteiger partial charge in [-0.15, -0.1) is 10.2 Å². The van der Waals surface area contributed by atoms with Gasteiger partial charge in [0.25, 0.3) is 0 Å². The molecule has 0 atom stereocenters. The second-order valence-corrected chi connectivity index (χ2v) is 7.34. The van der Waals surface area contributed by atoms with Gasteiger partial charge in [0.15, 0.2) is 10.8 Å². The normalized spacial score (nSPS) is 11.2. The SMILES string of the molecule is CC(C)(C)OC(=O)Nc1nnc(COc2c(Cl)cccc2Cl)s1. The van der Waals surface area contributed by atoms with Gasteiger partial charge in [0.2, 0.25) is 5.13 Å². The molecule has 0 radical (unpaired) electrons. The number of nitrogens with one attached hydrogen (secondary N) is 1. The second kappa shape index (κ2) is 7.33. The topological polar surface area (TPSA) is 73.3 Å². The lowest BCUT2D eigenvalue weighted by molar-refractivity contribution is 0.0636. The summed E-state index contributed by atoms with van der Waals surface area (Å²) in [6.07, 6.45) is -0.588. The zero-order chi connectivity index (χ0) is 17.0. The van der Waals surface area contributed by atoms with Crippen molar-refractivity contribution in [1.29, 1.82) is 0 Å². The van der Waals surface area contributed by atoms with Crippen LogP contribution in [0.1, 0.15) is 25.8 Å². The number of anilines is 1. The van der Waals surface area contributed by atoms with Crippen molar-refractivity contribution in [2.75, 3.05) is 5.32 Å². The van der Waals surface area contributed by atoms with E-state index in [9.17, 15) is 4.79 Å². The van der Waals surface area contributed by atoms with Gasteiger partial charge in [-0.1, -0.05) is 40.6 Å². The molecule has 0 saturated heterocycles. The molecule has 0 aliphatic heterocycles. The predicted octanol–water partition coefficient (Wildman–Crippen LogP) is 4.77. The van der Waals surface area contributed by atoms with Gasteiger partial charge in [-0.3, -0.25) is 5.32 Å². The average molecular weight is 376 g/mol. The highest BCUT2D eigenvalue weighted by molar-refractivity contribution is 7.15. The van der Waals surface area contributed by atoms with Gasteiger partial charge in [-0.05, 0) is 32.9 Å². The Balaban J connectivity index is 1.94. The summed E-state index contributed by atoms with van der Waals surface area (Å²) in [4.78, 5) is 11.6. The molecule has 1 N–H and O–H groups in total. The van der Waals surface area contributed by atoms with Crippen LogP contribution in [0.25, 0.3) is 0 Å². The Bertz CT molecular complexity index is 681. The molecule has 0 fully saturated rings. The van der Waals surface area contributed by atoms with Gasteiger partial charge in [0.05, 0.1) is 10.0 Å². The van der Waals surface area contributed by atoms with Crippen molar-refractivity contribution < 1.29 is 14.3 Å². The van der Waals surface area contributed by atoms with Crippen LogP contribution in [0.2, 0.25) is 10.0 Å². The zero-order valence-electron chi connectivity index (χ0n) is 12.7. The molecule has 2 aromatic rings. The van der Waals surface area contributed by atoms with E-state index in [-0.39, 0.29) is 6.61 Å². The average Bonchev–Trinajstić information content (AvgIpc) is 2.83. The number of carbonyl (C=O) groups is 1. The van der Waals surface area contributed by atoms with Crippen LogP contribution in [0.15, 0.2) is 18.2 Å². The molecule has 0 aliphatic carbocycles. The quantitative estimate of drug-likeness (QED) is 0.832. The number of hydrogen-bond acceptors (Lipinski definition) is 6. The molecule has 6 nitrogen and oxygen atoms in total. The number of carbonyl (C=O) groups excluding carboxylic acids is 1. The van der Waals surface area contributed by atoms with E-state index in [0.717, 1.165) is 0 Å². The highest BCUT2D eigenvalue weighted by Crippen LogP contribution is 2.33. The first-order valence-electron chi connectivity index (χ1n) is 6.64. The lowest BCUT2D eigenvalue weighted by Gasteiger charge is -2.18. The lowest BCUT2D eigenvalue weighted by atomic mass is 10.2. The molecule has 0 bridgehead atoms. The zero-order valence-corrected chi connectivity index (χ0v) is 15.1. The van der Waals surface area contributed by atoms with Crippen molar-refractivity contribution in [3.63, 3.8) is 0 Å². The first-order valence-corrected chi connectivity index (χ1v) is 8.21. The highest BCUT2D eigenvalue weighted by atomic mass is 35.5. The molecule has 23 heavy (non-hydrogen) atoms. The molecule has 0 spiro atoms. The maximum absolute atomic E-state index is 11.6. The van der Waals surface area contributed by atoms with Crippen LogP contribution in [0, 0.1) is 0 Å². The number of para-hydroxylation sites is 1. The van der Waals surface area contributed by atoms with E-state index in [1.807, 2.05) is 0 Å². The molecule has 1 aromatic carbocycles. The van der Waals surface area contributed by atoms with E-state index < -0.39 is 11.7 Å². The van der Waals surface area contributed by atoms with Crippen LogP contribution >= 0.6 is 34.5 Å². The number of benzene rings is 1. The van der Waals surface area contributed by atoms with E-state index in [0.29, 0.717) is 25.9 Å². The van der Waals surface area contributed by atoms with Gasteiger partial charge in [-0.25, -0.2) is 4.79 Å². The fourth-order valence-electron chi connectivity index (χ4n) is 1.51. The Morgan fingerprint density at radius 1 is 1.26 bits per heavy atom. The summed E-state index contributed by atoms with van der Waals surface area (Å²) >= 11 is 13.2. The van der Waals surface area contributed by atoms with Crippen LogP contribution in [0.4, 0.5) is 9.93 Å². The molecule has 0 unspecified atom stereocenters. The number of halogens is 2. The summed E-state index contributed by atoms with van der Waals surface area (Å²) in [5.74, 6) is 0.382. The highest BCUT2D eigenvalue weighted by Gasteiger charge is 2.18. The van der Waals surface area contributed by atoms with Crippen LogP contribution in [-0.4, -0.2) is 21.9 Å². The van der Waals surface area contributed by atoms with E-state index in [1.165, 1.54) is 11.3 Å². The Morgan fingerprint density at radius 2 is 1.91 bits per heavy atom. The van der Waals surface area contributed by atoms with E-state index in [4.69, 9.17) is 32.7 Å². The largest absolute Gasteiger partial charge is 0.483 e. The van der Waals surface area contributed by atoms with Gasteiger partial charge < -0.3 is 9.47 Å². The van der Waals surface area contributed by atoms with Crippen molar-refractivity contribution in [3.05, 3.63) is 33.3 Å². The third-order valence-corrected chi connectivity index (χ3v) is 3.74. The van der Waals surface area contributed by atoms with Gasteiger partial charge >= 0.3 is 6.09 Å². The Morgan fingerprint density at radius 3 is 2.52 bits per heavy atom. The van der Waals surface area contributed by atoms with Gasteiger partial charge in [0, 0.05) is 0 Å². The second-order valence-electron chi connectivity index (χ2n) is 5.47. The van der Waals surface area contributed by atoms with Crippen LogP contribution in [-0.2, 0) is 11.3 Å². The number of amides is 1. The summed E-state index contributed by atoms with van der Waals surface area (Å²) in [6.45, 7) is 5.47. The standard InChI is InChI=1S/C14H15Cl2N3O3S/c1-14(2,3)22-13(20)17-12-19-18-10(23-12)7-21-11-8(15)5-4-6-9(11)16/h4-6H,7H2,1-3H3,(H,17,19,20). The molecule has 2 rings (SSSR count). The molecule has 1 heterocycles. The Labute approximate surface area is 147 Å². The van der Waals surface area contributed by atoms with Crippen LogP contribution < -0.4 is 10.1 Å². The smallest absolute Gasteiger partial charge is 0.414 e. The fraction of sp³-hybridized carbons (Fsp3) is 0.357. The van der Waals surface area contributed by atoms with E-state index >= 15 is 0 Å². The van der Waals surface area contributed by atoms with Crippen molar-refractivity contribution in [1.82, 2.24) is 10.2 Å². The first-order chi connectivity index (χ1) is 10.7. The summed E-state index contributed by atoms with van der Waals surface area (Å²) in [7, 11) is 0. The maximum atomic E-state index is 11.6. The third-order valence-electron chi connectivity index (χ3n) is 2.33. The minimum Gasteiger partial charge on any atom is -0.483 e. The van der Waals surface area contributed by atoms with Crippen LogP contribution in [0.3, 0.4) is 0 Å². The van der Waals surface area contributed by atoms with Crippen molar-refractivity contribution >= 4 is 45.8 Å². The molecule has 1 amide bonds. The number of hydrogen-bond donors (Lipinski definition) is 1.